The van der Waals surface area contributed by atoms with E-state index in [1.165, 1.54) is 11.3 Å². The fraction of sp³-hybridized carbons (Fsp3) is 0.400. The van der Waals surface area contributed by atoms with E-state index in [2.05, 4.69) is 20.8 Å². The van der Waals surface area contributed by atoms with E-state index in [-0.39, 0.29) is 23.3 Å². The molecular weight excluding hydrogens is 452 g/mol. The van der Waals surface area contributed by atoms with Crippen molar-refractivity contribution in [2.75, 3.05) is 25.6 Å². The molecule has 1 aromatic carbocycles. The van der Waals surface area contributed by atoms with Crippen LogP contribution < -0.4 is 10.6 Å². The van der Waals surface area contributed by atoms with Crippen molar-refractivity contribution in [3.05, 3.63) is 51.0 Å². The number of hydrogen-bond donors (Lipinski definition) is 4. The van der Waals surface area contributed by atoms with Gasteiger partial charge in [0.05, 0.1) is 11.3 Å². The molecule has 0 aliphatic heterocycles. The minimum atomic E-state index is -0.380. The Morgan fingerprint density at radius 1 is 1.18 bits per heavy atom. The summed E-state index contributed by atoms with van der Waals surface area (Å²) < 4.78 is 5.05. The topological polar surface area (TPSA) is 116 Å². The predicted octanol–water partition coefficient (Wildman–Crippen LogP) is 4.36. The number of benzene rings is 1. The first-order valence-corrected chi connectivity index (χ1v) is 12.3. The molecule has 2 amide bonds. The second-order valence-electron chi connectivity index (χ2n) is 8.61. The van der Waals surface area contributed by atoms with Crippen molar-refractivity contribution in [2.24, 2.45) is 0 Å². The van der Waals surface area contributed by atoms with Crippen LogP contribution in [-0.4, -0.2) is 47.4 Å². The number of aromatic amines is 1. The highest BCUT2D eigenvalue weighted by Crippen LogP contribution is 2.38. The van der Waals surface area contributed by atoms with Gasteiger partial charge in [0.2, 0.25) is 0 Å². The van der Waals surface area contributed by atoms with Gasteiger partial charge in [-0.15, -0.1) is 11.3 Å². The van der Waals surface area contributed by atoms with Crippen LogP contribution in [0.3, 0.4) is 0 Å². The van der Waals surface area contributed by atoms with Gasteiger partial charge in [0.25, 0.3) is 11.8 Å². The predicted molar refractivity (Wildman–Crippen MR) is 133 cm³/mol. The molecule has 1 aliphatic carbocycles. The number of phenolic OH excluding ortho intramolecular Hbond substituents is 1. The summed E-state index contributed by atoms with van der Waals surface area (Å²) in [5.74, 6) is -0.430. The fourth-order valence-electron chi connectivity index (χ4n) is 4.42. The van der Waals surface area contributed by atoms with Crippen molar-refractivity contribution in [3.63, 3.8) is 0 Å². The van der Waals surface area contributed by atoms with Crippen LogP contribution in [-0.2, 0) is 17.6 Å². The molecular formula is C25H30N4O4S. The number of H-pyrrole nitrogens is 1. The molecule has 2 aromatic heterocycles. The molecule has 2 heterocycles. The van der Waals surface area contributed by atoms with Crippen molar-refractivity contribution < 1.29 is 19.4 Å². The van der Waals surface area contributed by atoms with Crippen LogP contribution in [0.1, 0.15) is 61.7 Å². The highest BCUT2D eigenvalue weighted by molar-refractivity contribution is 7.17. The lowest BCUT2D eigenvalue weighted by atomic mass is 9.95. The first kappa shape index (κ1) is 24.0. The number of thiophene rings is 1. The Hall–Kier alpha value is -3.17. The average molecular weight is 483 g/mol. The lowest BCUT2D eigenvalue weighted by molar-refractivity contribution is 0.0948. The van der Waals surface area contributed by atoms with Gasteiger partial charge < -0.3 is 20.5 Å². The summed E-state index contributed by atoms with van der Waals surface area (Å²) in [5.41, 5.74) is 4.76. The van der Waals surface area contributed by atoms with Crippen LogP contribution in [0.4, 0.5) is 5.00 Å². The number of nitrogens with zero attached hydrogens (tertiary/aromatic N) is 1. The molecule has 0 fully saturated rings. The number of ether oxygens (including phenoxy) is 1. The first-order valence-electron chi connectivity index (χ1n) is 11.5. The number of aryl methyl sites for hydroxylation is 3. The third kappa shape index (κ3) is 5.00. The molecule has 0 unspecified atom stereocenters. The number of rotatable bonds is 8. The highest BCUT2D eigenvalue weighted by atomic mass is 32.1. The SMILES string of the molecule is COCCCNC(=O)c1c(NC(=O)c2cc(-c3c(C)cc(C)cc3O)n[nH]2)sc2c1CCCC2. The van der Waals surface area contributed by atoms with Gasteiger partial charge in [-0.05, 0) is 74.8 Å². The van der Waals surface area contributed by atoms with Crippen LogP contribution >= 0.6 is 11.3 Å². The molecule has 0 atom stereocenters. The van der Waals surface area contributed by atoms with Crippen molar-refractivity contribution in [2.45, 2.75) is 46.0 Å². The van der Waals surface area contributed by atoms with Crippen LogP contribution in [0.15, 0.2) is 18.2 Å². The van der Waals surface area contributed by atoms with Gasteiger partial charge in [-0.25, -0.2) is 0 Å². The zero-order valence-electron chi connectivity index (χ0n) is 19.7. The largest absolute Gasteiger partial charge is 0.507 e. The lowest BCUT2D eigenvalue weighted by Gasteiger charge is -2.13. The summed E-state index contributed by atoms with van der Waals surface area (Å²) in [7, 11) is 1.63. The standard InChI is InChI=1S/C25H30N4O4S/c1-14-11-15(2)21(19(30)12-14)17-13-18(29-28-17)23(31)27-25-22(24(32)26-9-6-10-33-3)16-7-4-5-8-20(16)34-25/h11-13,30H,4-10H2,1-3H3,(H,26,32)(H,27,31)(H,28,29). The van der Waals surface area contributed by atoms with Crippen LogP contribution in [0.2, 0.25) is 0 Å². The molecule has 4 rings (SSSR count). The van der Waals surface area contributed by atoms with E-state index in [1.807, 2.05) is 19.9 Å². The number of aromatic nitrogens is 2. The zero-order valence-corrected chi connectivity index (χ0v) is 20.5. The van der Waals surface area contributed by atoms with Crippen molar-refractivity contribution in [1.82, 2.24) is 15.5 Å². The van der Waals surface area contributed by atoms with Crippen LogP contribution in [0.25, 0.3) is 11.3 Å². The van der Waals surface area contributed by atoms with E-state index in [0.29, 0.717) is 35.0 Å². The number of nitrogens with one attached hydrogen (secondary N) is 3. The number of aromatic hydroxyl groups is 1. The van der Waals surface area contributed by atoms with E-state index in [9.17, 15) is 14.7 Å². The Morgan fingerprint density at radius 3 is 2.74 bits per heavy atom. The first-order chi connectivity index (χ1) is 16.4. The van der Waals surface area contributed by atoms with Crippen LogP contribution in [0, 0.1) is 13.8 Å². The summed E-state index contributed by atoms with van der Waals surface area (Å²) in [6, 6.07) is 5.24. The smallest absolute Gasteiger partial charge is 0.274 e. The summed E-state index contributed by atoms with van der Waals surface area (Å²) in [6.45, 7) is 4.88. The minimum absolute atomic E-state index is 0.120. The molecule has 3 aromatic rings. The molecule has 4 N–H and O–H groups in total. The highest BCUT2D eigenvalue weighted by Gasteiger charge is 2.27. The molecule has 0 saturated heterocycles. The maximum atomic E-state index is 13.1. The Morgan fingerprint density at radius 2 is 1.97 bits per heavy atom. The number of carbonyl (C=O) groups excluding carboxylic acids is 2. The molecule has 0 bridgehead atoms. The Bertz CT molecular complexity index is 1190. The molecule has 8 nitrogen and oxygen atoms in total. The number of carbonyl (C=O) groups is 2. The lowest BCUT2D eigenvalue weighted by Crippen LogP contribution is -2.27. The monoisotopic (exact) mass is 482 g/mol. The molecule has 0 radical (unpaired) electrons. The van der Waals surface area contributed by atoms with Crippen molar-refractivity contribution in [3.8, 4) is 17.0 Å². The van der Waals surface area contributed by atoms with Gasteiger partial charge in [-0.2, -0.15) is 5.10 Å². The van der Waals surface area contributed by atoms with E-state index >= 15 is 0 Å². The number of fused-ring (bicyclic) bond motifs is 1. The summed E-state index contributed by atoms with van der Waals surface area (Å²) in [6.07, 6.45) is 4.59. The Balaban J connectivity index is 1.57. The molecule has 1 aliphatic rings. The van der Waals surface area contributed by atoms with Gasteiger partial charge >= 0.3 is 0 Å². The molecule has 34 heavy (non-hydrogen) atoms. The molecule has 0 saturated carbocycles. The Labute approximate surface area is 202 Å². The number of phenols is 1. The van der Waals surface area contributed by atoms with E-state index in [4.69, 9.17) is 4.74 Å². The minimum Gasteiger partial charge on any atom is -0.507 e. The van der Waals surface area contributed by atoms with Gasteiger partial charge in [-0.1, -0.05) is 6.07 Å². The van der Waals surface area contributed by atoms with Crippen molar-refractivity contribution >= 4 is 28.2 Å². The molecule has 180 valence electrons. The van der Waals surface area contributed by atoms with Gasteiger partial charge in [0.15, 0.2) is 0 Å². The maximum absolute atomic E-state index is 13.1. The van der Waals surface area contributed by atoms with Gasteiger partial charge in [0.1, 0.15) is 16.4 Å². The third-order valence-corrected chi connectivity index (χ3v) is 7.18. The molecule has 0 spiro atoms. The number of hydrogen-bond acceptors (Lipinski definition) is 6. The number of anilines is 1. The average Bonchev–Trinajstić information content (AvgIpc) is 3.41. The maximum Gasteiger partial charge on any atom is 0.274 e. The second kappa shape index (κ2) is 10.4. The fourth-order valence-corrected chi connectivity index (χ4v) is 5.70. The van der Waals surface area contributed by atoms with Gasteiger partial charge in [-0.3, -0.25) is 14.7 Å². The number of methoxy groups -OCH3 is 1. The zero-order chi connectivity index (χ0) is 24.2. The summed E-state index contributed by atoms with van der Waals surface area (Å²) >= 11 is 1.47. The summed E-state index contributed by atoms with van der Waals surface area (Å²) in [5, 5.41) is 23.9. The summed E-state index contributed by atoms with van der Waals surface area (Å²) in [4.78, 5) is 27.3. The van der Waals surface area contributed by atoms with E-state index in [1.54, 1.807) is 19.2 Å². The van der Waals surface area contributed by atoms with Gasteiger partial charge in [0, 0.05) is 30.7 Å². The normalized spacial score (nSPS) is 12.9. The quantitative estimate of drug-likeness (QED) is 0.356. The van der Waals surface area contributed by atoms with Crippen LogP contribution in [0.5, 0.6) is 5.75 Å². The molecule has 9 heteroatoms. The van der Waals surface area contributed by atoms with Crippen molar-refractivity contribution in [1.29, 1.82) is 0 Å². The van der Waals surface area contributed by atoms with E-state index in [0.717, 1.165) is 53.7 Å². The number of amides is 2. The van der Waals surface area contributed by atoms with E-state index < -0.39 is 0 Å². The Kier molecular flexibility index (Phi) is 7.33. The second-order valence-corrected chi connectivity index (χ2v) is 9.72. The third-order valence-electron chi connectivity index (χ3n) is 5.97.